The predicted molar refractivity (Wildman–Crippen MR) is 73.0 cm³/mol. The second-order valence-corrected chi connectivity index (χ2v) is 5.42. The average Bonchev–Trinajstić information content (AvgIpc) is 2.80. The predicted octanol–water partition coefficient (Wildman–Crippen LogP) is 2.51. The van der Waals surface area contributed by atoms with Crippen molar-refractivity contribution >= 4 is 11.6 Å². The second-order valence-electron chi connectivity index (χ2n) is 5.42. The highest BCUT2D eigenvalue weighted by molar-refractivity contribution is 6.08. The molecular weight excluding hydrogens is 277 g/mol. The maximum absolute atomic E-state index is 13.1. The summed E-state index contributed by atoms with van der Waals surface area (Å²) in [6.45, 7) is 0.788. The van der Waals surface area contributed by atoms with Gasteiger partial charge >= 0.3 is 0 Å². The summed E-state index contributed by atoms with van der Waals surface area (Å²) in [5.41, 5.74) is -0.885. The molecule has 2 rings (SSSR count). The van der Waals surface area contributed by atoms with E-state index in [4.69, 9.17) is 0 Å². The fraction of sp³-hybridized carbons (Fsp3) is 0.467. The van der Waals surface area contributed by atoms with Crippen LogP contribution in [0.4, 0.5) is 4.39 Å². The summed E-state index contributed by atoms with van der Waals surface area (Å²) in [5, 5.41) is 11.0. The van der Waals surface area contributed by atoms with Gasteiger partial charge < -0.3 is 0 Å². The quantitative estimate of drug-likeness (QED) is 0.475. The van der Waals surface area contributed by atoms with Crippen LogP contribution in [0.3, 0.4) is 0 Å². The van der Waals surface area contributed by atoms with E-state index in [1.807, 2.05) is 0 Å². The summed E-state index contributed by atoms with van der Waals surface area (Å²) < 4.78 is 13.1. The van der Waals surface area contributed by atoms with Gasteiger partial charge in [0.05, 0.1) is 5.92 Å². The molecule has 0 radical (unpaired) electrons. The molecule has 1 aromatic rings. The third-order valence-electron chi connectivity index (χ3n) is 4.30. The van der Waals surface area contributed by atoms with Gasteiger partial charge in [-0.25, -0.2) is 4.39 Å². The van der Waals surface area contributed by atoms with Gasteiger partial charge in [0.15, 0.2) is 0 Å². The van der Waals surface area contributed by atoms with E-state index >= 15 is 0 Å². The number of nitrogens with zero attached hydrogens (tertiary/aromatic N) is 1. The topological polar surface area (TPSA) is 77.3 Å². The fourth-order valence-electron chi connectivity index (χ4n) is 3.27. The molecule has 6 heteroatoms. The van der Waals surface area contributed by atoms with Gasteiger partial charge in [-0.2, -0.15) is 0 Å². The maximum Gasteiger partial charge on any atom is 0.212 e. The van der Waals surface area contributed by atoms with E-state index in [9.17, 15) is 24.1 Å². The zero-order chi connectivity index (χ0) is 15.6. The molecule has 2 atom stereocenters. The van der Waals surface area contributed by atoms with E-state index in [2.05, 4.69) is 0 Å². The van der Waals surface area contributed by atoms with Gasteiger partial charge in [0, 0.05) is 11.3 Å². The Labute approximate surface area is 121 Å². The number of hydrogen-bond donors (Lipinski definition) is 0. The van der Waals surface area contributed by atoms with E-state index < -0.39 is 28.6 Å². The van der Waals surface area contributed by atoms with Gasteiger partial charge in [-0.1, -0.05) is 12.1 Å². The molecule has 0 aromatic heterocycles. The van der Waals surface area contributed by atoms with Gasteiger partial charge in [-0.3, -0.25) is 19.7 Å². The fourth-order valence-corrected chi connectivity index (χ4v) is 3.27. The SMILES string of the molecule is CC(=O)[C@@]1([C@@H](C[N+](=O)[O-])c2ccc(F)cc2)CCCC1=O. The molecule has 0 unspecified atom stereocenters. The van der Waals surface area contributed by atoms with Crippen LogP contribution in [0.5, 0.6) is 0 Å². The molecule has 1 fully saturated rings. The molecule has 0 spiro atoms. The van der Waals surface area contributed by atoms with Crippen molar-refractivity contribution in [3.63, 3.8) is 0 Å². The number of nitro groups is 1. The summed E-state index contributed by atoms with van der Waals surface area (Å²) in [6.07, 6.45) is 1.12. The molecule has 0 bridgehead atoms. The number of halogens is 1. The smallest absolute Gasteiger partial charge is 0.212 e. The molecule has 1 saturated carbocycles. The summed E-state index contributed by atoms with van der Waals surface area (Å²) in [7, 11) is 0. The van der Waals surface area contributed by atoms with Crippen molar-refractivity contribution in [2.75, 3.05) is 6.54 Å². The van der Waals surface area contributed by atoms with Crippen molar-refractivity contribution in [1.29, 1.82) is 0 Å². The molecule has 0 heterocycles. The molecule has 1 aliphatic rings. The van der Waals surface area contributed by atoms with Crippen LogP contribution in [-0.2, 0) is 9.59 Å². The Bertz CT molecular complexity index is 584. The van der Waals surface area contributed by atoms with Crippen molar-refractivity contribution in [1.82, 2.24) is 0 Å². The monoisotopic (exact) mass is 293 g/mol. The lowest BCUT2D eigenvalue weighted by molar-refractivity contribution is -0.485. The second kappa shape index (κ2) is 5.71. The van der Waals surface area contributed by atoms with Gasteiger partial charge in [0.2, 0.25) is 6.54 Å². The highest BCUT2D eigenvalue weighted by Gasteiger charge is 2.54. The minimum Gasteiger partial charge on any atom is -0.299 e. The number of benzene rings is 1. The molecule has 112 valence electrons. The highest BCUT2D eigenvalue weighted by atomic mass is 19.1. The molecule has 5 nitrogen and oxygen atoms in total. The van der Waals surface area contributed by atoms with E-state index in [0.29, 0.717) is 18.4 Å². The lowest BCUT2D eigenvalue weighted by Crippen LogP contribution is -2.42. The molecule has 0 aliphatic heterocycles. The number of carbonyl (C=O) groups excluding carboxylic acids is 2. The largest absolute Gasteiger partial charge is 0.299 e. The number of Topliss-reactive ketones (excluding diaryl/α,β-unsaturated/α-hetero) is 2. The zero-order valence-corrected chi connectivity index (χ0v) is 11.7. The Morgan fingerprint density at radius 3 is 2.48 bits per heavy atom. The van der Waals surface area contributed by atoms with Crippen molar-refractivity contribution in [3.05, 3.63) is 45.8 Å². The van der Waals surface area contributed by atoms with Gasteiger partial charge in [-0.15, -0.1) is 0 Å². The first-order chi connectivity index (χ1) is 9.87. The van der Waals surface area contributed by atoms with Gasteiger partial charge in [0.1, 0.15) is 22.8 Å². The van der Waals surface area contributed by atoms with Crippen LogP contribution in [0.2, 0.25) is 0 Å². The molecule has 1 aliphatic carbocycles. The maximum atomic E-state index is 13.1. The minimum absolute atomic E-state index is 0.244. The van der Waals surface area contributed by atoms with Crippen molar-refractivity contribution in [2.24, 2.45) is 5.41 Å². The Balaban J connectivity index is 2.52. The van der Waals surface area contributed by atoms with E-state index in [0.717, 1.165) is 0 Å². The summed E-state index contributed by atoms with van der Waals surface area (Å²) >= 11 is 0. The first-order valence-electron chi connectivity index (χ1n) is 6.79. The molecular formula is C15H16FNO4. The summed E-state index contributed by atoms with van der Waals surface area (Å²) in [6, 6.07) is 5.21. The van der Waals surface area contributed by atoms with Crippen LogP contribution in [-0.4, -0.2) is 23.0 Å². The van der Waals surface area contributed by atoms with Crippen LogP contribution in [0.1, 0.15) is 37.7 Å². The van der Waals surface area contributed by atoms with Crippen molar-refractivity contribution in [2.45, 2.75) is 32.1 Å². The van der Waals surface area contributed by atoms with Crippen LogP contribution in [0, 0.1) is 21.3 Å². The third kappa shape index (κ3) is 2.70. The Morgan fingerprint density at radius 2 is 2.05 bits per heavy atom. The molecule has 21 heavy (non-hydrogen) atoms. The third-order valence-corrected chi connectivity index (χ3v) is 4.30. The minimum atomic E-state index is -1.34. The van der Waals surface area contributed by atoms with Crippen molar-refractivity contribution in [3.8, 4) is 0 Å². The lowest BCUT2D eigenvalue weighted by atomic mass is 9.67. The van der Waals surface area contributed by atoms with Gasteiger partial charge in [0.25, 0.3) is 0 Å². The Morgan fingerprint density at radius 1 is 1.43 bits per heavy atom. The number of rotatable bonds is 5. The van der Waals surface area contributed by atoms with Gasteiger partial charge in [-0.05, 0) is 37.5 Å². The number of carbonyl (C=O) groups is 2. The molecule has 0 amide bonds. The normalized spacial score (nSPS) is 23.0. The highest BCUT2D eigenvalue weighted by Crippen LogP contribution is 2.47. The number of hydrogen-bond acceptors (Lipinski definition) is 4. The van der Waals surface area contributed by atoms with Crippen LogP contribution in [0.25, 0.3) is 0 Å². The molecule has 0 N–H and O–H groups in total. The van der Waals surface area contributed by atoms with Crippen molar-refractivity contribution < 1.29 is 18.9 Å². The average molecular weight is 293 g/mol. The standard InChI is InChI=1S/C15H16FNO4/c1-10(18)15(8-2-3-14(15)19)13(9-17(20)21)11-4-6-12(16)7-5-11/h4-7,13H,2-3,8-9H2,1H3/t13-,15+/m0/s1. The zero-order valence-electron chi connectivity index (χ0n) is 11.7. The summed E-state index contributed by atoms with van der Waals surface area (Å²) in [4.78, 5) is 34.9. The Kier molecular flexibility index (Phi) is 4.16. The summed E-state index contributed by atoms with van der Waals surface area (Å²) in [5.74, 6) is -1.90. The van der Waals surface area contributed by atoms with E-state index in [1.165, 1.54) is 31.2 Å². The van der Waals surface area contributed by atoms with E-state index in [-0.39, 0.29) is 18.0 Å². The van der Waals surface area contributed by atoms with E-state index in [1.54, 1.807) is 0 Å². The Hall–Kier alpha value is -2.11. The first-order valence-corrected chi connectivity index (χ1v) is 6.79. The van der Waals surface area contributed by atoms with Crippen LogP contribution in [0.15, 0.2) is 24.3 Å². The lowest BCUT2D eigenvalue weighted by Gasteiger charge is -2.31. The van der Waals surface area contributed by atoms with Crippen LogP contribution >= 0.6 is 0 Å². The van der Waals surface area contributed by atoms with Crippen LogP contribution < -0.4 is 0 Å². The number of ketones is 2. The first kappa shape index (κ1) is 15.3. The molecule has 1 aromatic carbocycles. The molecule has 0 saturated heterocycles.